The van der Waals surface area contributed by atoms with E-state index in [1.54, 1.807) is 0 Å². The summed E-state index contributed by atoms with van der Waals surface area (Å²) < 4.78 is 13.3. The lowest BCUT2D eigenvalue weighted by Gasteiger charge is -2.33. The molecule has 0 aliphatic heterocycles. The lowest BCUT2D eigenvalue weighted by Crippen LogP contribution is -2.41. The van der Waals surface area contributed by atoms with Crippen molar-refractivity contribution in [2.75, 3.05) is 0 Å². The highest BCUT2D eigenvalue weighted by Gasteiger charge is 2.25. The third-order valence-electron chi connectivity index (χ3n) is 2.90. The normalized spacial score (nSPS) is 12.5. The van der Waals surface area contributed by atoms with Crippen molar-refractivity contribution in [1.82, 2.24) is 5.32 Å². The van der Waals surface area contributed by atoms with Crippen molar-refractivity contribution < 1.29 is 9.31 Å². The predicted molar refractivity (Wildman–Crippen MR) is 78.0 cm³/mol. The first kappa shape index (κ1) is 16.6. The number of nitro benzene ring substituents is 1. The van der Waals surface area contributed by atoms with Crippen molar-refractivity contribution in [3.63, 3.8) is 0 Å². The Balaban J connectivity index is 2.77. The maximum atomic E-state index is 13.3. The molecule has 0 aromatic heterocycles. The zero-order valence-electron chi connectivity index (χ0n) is 12.8. The Bertz CT molecular complexity index is 493. The number of nitrogens with one attached hydrogen (secondary N) is 1. The Kier molecular flexibility index (Phi) is 4.86. The van der Waals surface area contributed by atoms with Gasteiger partial charge in [-0.15, -0.1) is 0 Å². The highest BCUT2D eigenvalue weighted by Crippen LogP contribution is 2.27. The molecule has 0 aliphatic rings. The van der Waals surface area contributed by atoms with Crippen molar-refractivity contribution >= 4 is 5.69 Å². The minimum atomic E-state index is -0.579. The molecule has 1 aromatic carbocycles. The molecule has 1 N–H and O–H groups in total. The monoisotopic (exact) mass is 282 g/mol. The molecule has 0 heterocycles. The van der Waals surface area contributed by atoms with Gasteiger partial charge in [0.1, 0.15) is 5.82 Å². The summed E-state index contributed by atoms with van der Waals surface area (Å²) in [7, 11) is 0. The van der Waals surface area contributed by atoms with E-state index in [9.17, 15) is 14.5 Å². The first-order chi connectivity index (χ1) is 8.98. The van der Waals surface area contributed by atoms with Crippen molar-refractivity contribution in [1.29, 1.82) is 0 Å². The van der Waals surface area contributed by atoms with E-state index in [1.165, 1.54) is 12.1 Å². The number of rotatable bonds is 5. The zero-order chi connectivity index (χ0) is 15.6. The molecule has 1 aromatic rings. The number of nitrogens with zero attached hydrogens (tertiary/aromatic N) is 1. The summed E-state index contributed by atoms with van der Waals surface area (Å²) >= 11 is 0. The van der Waals surface area contributed by atoms with Gasteiger partial charge in [-0.1, -0.05) is 20.8 Å². The van der Waals surface area contributed by atoms with Crippen LogP contribution in [0.3, 0.4) is 0 Å². The van der Waals surface area contributed by atoms with Crippen LogP contribution in [0.15, 0.2) is 18.2 Å². The number of halogens is 1. The van der Waals surface area contributed by atoms with E-state index in [0.29, 0.717) is 12.1 Å². The Hall–Kier alpha value is -1.49. The summed E-state index contributed by atoms with van der Waals surface area (Å²) in [5, 5.41) is 14.0. The van der Waals surface area contributed by atoms with E-state index in [-0.39, 0.29) is 16.6 Å². The minimum Gasteiger partial charge on any atom is -0.308 e. The number of nitro groups is 1. The average molecular weight is 282 g/mol. The van der Waals surface area contributed by atoms with Crippen LogP contribution in [-0.4, -0.2) is 10.5 Å². The quantitative estimate of drug-likeness (QED) is 0.655. The molecular weight excluding hydrogens is 259 g/mol. The van der Waals surface area contributed by atoms with Gasteiger partial charge in [-0.2, -0.15) is 0 Å². The van der Waals surface area contributed by atoms with Crippen molar-refractivity contribution in [3.8, 4) is 0 Å². The third-order valence-corrected chi connectivity index (χ3v) is 2.90. The van der Waals surface area contributed by atoms with Crippen LogP contribution in [-0.2, 0) is 6.54 Å². The van der Waals surface area contributed by atoms with Crippen LogP contribution in [0.1, 0.15) is 46.6 Å². The topological polar surface area (TPSA) is 55.2 Å². The molecule has 0 fully saturated rings. The smallest absolute Gasteiger partial charge is 0.272 e. The predicted octanol–water partition coefficient (Wildman–Crippen LogP) is 4.04. The summed E-state index contributed by atoms with van der Waals surface area (Å²) in [5.74, 6) is -0.579. The number of benzene rings is 1. The third kappa shape index (κ3) is 5.65. The molecule has 0 amide bonds. The van der Waals surface area contributed by atoms with Gasteiger partial charge in [0.2, 0.25) is 0 Å². The average Bonchev–Trinajstić information content (AvgIpc) is 2.22. The second-order valence-electron chi connectivity index (χ2n) is 7.05. The van der Waals surface area contributed by atoms with Crippen molar-refractivity contribution in [3.05, 3.63) is 39.7 Å². The molecule has 5 heteroatoms. The minimum absolute atomic E-state index is 0.126. The second-order valence-corrected chi connectivity index (χ2v) is 7.05. The second kappa shape index (κ2) is 5.87. The molecule has 112 valence electrons. The largest absolute Gasteiger partial charge is 0.308 e. The Morgan fingerprint density at radius 2 is 1.80 bits per heavy atom. The molecule has 0 unspecified atom stereocenters. The van der Waals surface area contributed by atoms with E-state index in [2.05, 4.69) is 39.9 Å². The van der Waals surface area contributed by atoms with E-state index in [4.69, 9.17) is 0 Å². The Labute approximate surface area is 119 Å². The van der Waals surface area contributed by atoms with E-state index in [1.807, 2.05) is 0 Å². The van der Waals surface area contributed by atoms with Gasteiger partial charge in [0, 0.05) is 18.2 Å². The summed E-state index contributed by atoms with van der Waals surface area (Å²) in [6.07, 6.45) is 0.942. The lowest BCUT2D eigenvalue weighted by atomic mass is 9.82. The Morgan fingerprint density at radius 1 is 1.20 bits per heavy atom. The van der Waals surface area contributed by atoms with Crippen LogP contribution >= 0.6 is 0 Å². The SMILES string of the molecule is CC(C)(C)CC(C)(C)NCc1cc(F)cc([N+](=O)[O-])c1. The highest BCUT2D eigenvalue weighted by atomic mass is 19.1. The van der Waals surface area contributed by atoms with Crippen LogP contribution in [0.5, 0.6) is 0 Å². The summed E-state index contributed by atoms with van der Waals surface area (Å²) in [6.45, 7) is 11.0. The Morgan fingerprint density at radius 3 is 2.30 bits per heavy atom. The lowest BCUT2D eigenvalue weighted by molar-refractivity contribution is -0.385. The number of non-ortho nitro benzene ring substituents is 1. The number of hydrogen-bond acceptors (Lipinski definition) is 3. The summed E-state index contributed by atoms with van der Waals surface area (Å²) in [6, 6.07) is 3.67. The number of hydrogen-bond donors (Lipinski definition) is 1. The highest BCUT2D eigenvalue weighted by molar-refractivity contribution is 5.35. The van der Waals surface area contributed by atoms with Gasteiger partial charge in [0.05, 0.1) is 11.0 Å². The fourth-order valence-corrected chi connectivity index (χ4v) is 2.57. The fraction of sp³-hybridized carbons (Fsp3) is 0.600. The molecule has 1 rings (SSSR count). The van der Waals surface area contributed by atoms with E-state index in [0.717, 1.165) is 12.5 Å². The van der Waals surface area contributed by atoms with Crippen molar-refractivity contribution in [2.24, 2.45) is 5.41 Å². The van der Waals surface area contributed by atoms with Crippen LogP contribution < -0.4 is 5.32 Å². The van der Waals surface area contributed by atoms with Crippen LogP contribution in [0, 0.1) is 21.3 Å². The summed E-state index contributed by atoms with van der Waals surface area (Å²) in [4.78, 5) is 10.1. The van der Waals surface area contributed by atoms with Gasteiger partial charge in [-0.25, -0.2) is 4.39 Å². The summed E-state index contributed by atoms with van der Waals surface area (Å²) in [5.41, 5.74) is 0.415. The molecular formula is C15H23FN2O2. The van der Waals surface area contributed by atoms with E-state index < -0.39 is 10.7 Å². The first-order valence-corrected chi connectivity index (χ1v) is 6.67. The van der Waals surface area contributed by atoms with Crippen LogP contribution in [0.25, 0.3) is 0 Å². The molecule has 0 atom stereocenters. The molecule has 0 radical (unpaired) electrons. The van der Waals surface area contributed by atoms with Gasteiger partial charge in [0.25, 0.3) is 5.69 Å². The molecule has 4 nitrogen and oxygen atoms in total. The zero-order valence-corrected chi connectivity index (χ0v) is 12.8. The molecule has 0 bridgehead atoms. The molecule has 0 aliphatic carbocycles. The molecule has 0 saturated carbocycles. The van der Waals surface area contributed by atoms with Crippen LogP contribution in [0.2, 0.25) is 0 Å². The van der Waals surface area contributed by atoms with Gasteiger partial charge in [-0.3, -0.25) is 10.1 Å². The maximum absolute atomic E-state index is 13.3. The van der Waals surface area contributed by atoms with Gasteiger partial charge >= 0.3 is 0 Å². The molecule has 0 spiro atoms. The maximum Gasteiger partial charge on any atom is 0.272 e. The van der Waals surface area contributed by atoms with E-state index >= 15 is 0 Å². The fourth-order valence-electron chi connectivity index (χ4n) is 2.57. The van der Waals surface area contributed by atoms with Crippen LogP contribution in [0.4, 0.5) is 10.1 Å². The first-order valence-electron chi connectivity index (χ1n) is 6.67. The molecule has 0 saturated heterocycles. The van der Waals surface area contributed by atoms with Gasteiger partial charge in [0.15, 0.2) is 0 Å². The molecule has 20 heavy (non-hydrogen) atoms. The van der Waals surface area contributed by atoms with Gasteiger partial charge < -0.3 is 5.32 Å². The standard InChI is InChI=1S/C15H23FN2O2/c1-14(2,3)10-15(4,5)17-9-11-6-12(16)8-13(7-11)18(19)20/h6-8,17H,9-10H2,1-5H3. The van der Waals surface area contributed by atoms with Gasteiger partial charge in [-0.05, 0) is 37.3 Å². The van der Waals surface area contributed by atoms with Crippen molar-refractivity contribution in [2.45, 2.75) is 53.1 Å².